The Hall–Kier alpha value is -2.15. The van der Waals surface area contributed by atoms with E-state index in [1.165, 1.54) is 26.9 Å². The molecule has 0 aromatic heterocycles. The Morgan fingerprint density at radius 2 is 1.80 bits per heavy atom. The van der Waals surface area contributed by atoms with Crippen molar-refractivity contribution in [3.05, 3.63) is 47.3 Å². The zero-order chi connectivity index (χ0) is 19.7. The molecule has 1 aromatic rings. The number of likely N-dealkylation sites (N-methyl/N-ethyl adjacent to an activating group) is 1. The first-order valence-corrected chi connectivity index (χ1v) is 7.76. The zero-order valence-corrected chi connectivity index (χ0v) is 15.1. The molecule has 0 fully saturated rings. The molecular weight excluding hydrogens is 335 g/mol. The first-order chi connectivity index (χ1) is 11.8. The molecule has 0 heterocycles. The first-order valence-electron chi connectivity index (χ1n) is 7.76. The number of carbonyl (C=O) groups is 2. The van der Waals surface area contributed by atoms with Gasteiger partial charge in [0.25, 0.3) is 0 Å². The Morgan fingerprint density at radius 3 is 2.20 bits per heavy atom. The van der Waals surface area contributed by atoms with Gasteiger partial charge in [-0.1, -0.05) is 25.8 Å². The summed E-state index contributed by atoms with van der Waals surface area (Å²) < 4.78 is 41.0. The van der Waals surface area contributed by atoms with Crippen LogP contribution in [-0.2, 0) is 14.3 Å². The molecule has 0 saturated carbocycles. The minimum absolute atomic E-state index is 0.110. The Bertz CT molecular complexity index is 484. The maximum atomic E-state index is 12.4. The van der Waals surface area contributed by atoms with Gasteiger partial charge in [0.1, 0.15) is 12.1 Å². The average molecular weight is 361 g/mol. The van der Waals surface area contributed by atoms with E-state index in [1.54, 1.807) is 13.1 Å². The summed E-state index contributed by atoms with van der Waals surface area (Å²) >= 11 is 0. The number of allylic oxidation sites excluding steroid dienone is 2. The highest BCUT2D eigenvalue weighted by Gasteiger charge is 2.04. The van der Waals surface area contributed by atoms with Crippen molar-refractivity contribution in [1.29, 1.82) is 0 Å². The van der Waals surface area contributed by atoms with Gasteiger partial charge >= 0.3 is 5.97 Å². The van der Waals surface area contributed by atoms with E-state index in [9.17, 15) is 22.8 Å². The Labute approximate surface area is 147 Å². The third-order valence-electron chi connectivity index (χ3n) is 2.69. The molecule has 1 rings (SSSR count). The largest absolute Gasteiger partial charge is 0.468 e. The molecule has 0 unspecified atom stereocenters. The van der Waals surface area contributed by atoms with Crippen LogP contribution in [0.1, 0.15) is 31.7 Å². The van der Waals surface area contributed by atoms with Crippen LogP contribution in [0.3, 0.4) is 0 Å². The van der Waals surface area contributed by atoms with Crippen molar-refractivity contribution in [2.45, 2.75) is 33.1 Å². The number of rotatable bonds is 6. The Balaban J connectivity index is 0. The summed E-state index contributed by atoms with van der Waals surface area (Å²) in [6, 6.07) is 1.36. The fourth-order valence-electron chi connectivity index (χ4n) is 1.31. The molecule has 142 valence electrons. The predicted molar refractivity (Wildman–Crippen MR) is 91.7 cm³/mol. The summed E-state index contributed by atoms with van der Waals surface area (Å²) in [7, 11) is 3.05. The van der Waals surface area contributed by atoms with Crippen molar-refractivity contribution in [3.8, 4) is 0 Å². The second-order valence-electron chi connectivity index (χ2n) is 4.83. The molecule has 0 aliphatic rings. The molecule has 1 aromatic carbocycles. The standard InChI is InChI=1S/C7H5F3.C7H12O.C4H9NO2/c1-4-2-6(9)7(10)3-5(4)8;1-2-3-4-5-6-7-8;1-5-3-4(6)7-2/h2-3H,1H3;5-7H,2-4H2,1H3;5H,3H2,1-2H3/b;6-5+;. The summed E-state index contributed by atoms with van der Waals surface area (Å²) in [6.45, 7) is 3.79. The lowest BCUT2D eigenvalue weighted by Gasteiger charge is -1.95. The number of hydrogen-bond acceptors (Lipinski definition) is 4. The van der Waals surface area contributed by atoms with Gasteiger partial charge in [0.2, 0.25) is 0 Å². The summed E-state index contributed by atoms with van der Waals surface area (Å²) in [5.41, 5.74) is 0.110. The molecule has 0 atom stereocenters. The van der Waals surface area contributed by atoms with Gasteiger partial charge in [0.15, 0.2) is 11.6 Å². The third-order valence-corrected chi connectivity index (χ3v) is 2.69. The van der Waals surface area contributed by atoms with E-state index in [4.69, 9.17) is 0 Å². The normalized spacial score (nSPS) is 9.56. The minimum Gasteiger partial charge on any atom is -0.468 e. The van der Waals surface area contributed by atoms with Crippen LogP contribution < -0.4 is 5.32 Å². The second-order valence-corrected chi connectivity index (χ2v) is 4.83. The maximum absolute atomic E-state index is 12.4. The highest BCUT2D eigenvalue weighted by atomic mass is 19.2. The van der Waals surface area contributed by atoms with Crippen molar-refractivity contribution in [2.24, 2.45) is 0 Å². The van der Waals surface area contributed by atoms with Crippen molar-refractivity contribution in [3.63, 3.8) is 0 Å². The van der Waals surface area contributed by atoms with Gasteiger partial charge in [-0.3, -0.25) is 9.59 Å². The lowest BCUT2D eigenvalue weighted by Crippen LogP contribution is -2.19. The van der Waals surface area contributed by atoms with Crippen LogP contribution >= 0.6 is 0 Å². The fraction of sp³-hybridized carbons (Fsp3) is 0.444. The van der Waals surface area contributed by atoms with Crippen LogP contribution in [0, 0.1) is 24.4 Å². The monoisotopic (exact) mass is 361 g/mol. The van der Waals surface area contributed by atoms with Crippen LogP contribution in [0.4, 0.5) is 13.2 Å². The summed E-state index contributed by atoms with van der Waals surface area (Å²) in [5, 5.41) is 2.64. The van der Waals surface area contributed by atoms with Crippen LogP contribution in [0.5, 0.6) is 0 Å². The van der Waals surface area contributed by atoms with Gasteiger partial charge in [-0.25, -0.2) is 13.2 Å². The van der Waals surface area contributed by atoms with Crippen molar-refractivity contribution >= 4 is 12.3 Å². The number of hydrogen-bond donors (Lipinski definition) is 1. The molecule has 0 saturated heterocycles. The van der Waals surface area contributed by atoms with Gasteiger partial charge in [-0.15, -0.1) is 0 Å². The number of methoxy groups -OCH3 is 1. The molecule has 0 spiro atoms. The number of carbonyl (C=O) groups excluding carboxylic acids is 2. The number of nitrogens with one attached hydrogen (secondary N) is 1. The average Bonchev–Trinajstić information content (AvgIpc) is 2.58. The Kier molecular flexibility index (Phi) is 16.8. The van der Waals surface area contributed by atoms with Gasteiger partial charge in [-0.2, -0.15) is 0 Å². The molecule has 0 aliphatic heterocycles. The Morgan fingerprint density at radius 1 is 1.20 bits per heavy atom. The predicted octanol–water partition coefficient (Wildman–Crippen LogP) is 3.72. The summed E-state index contributed by atoms with van der Waals surface area (Å²) in [6.07, 6.45) is 7.69. The molecule has 7 heteroatoms. The van der Waals surface area contributed by atoms with Crippen LogP contribution in [0.2, 0.25) is 0 Å². The maximum Gasteiger partial charge on any atom is 0.319 e. The topological polar surface area (TPSA) is 55.4 Å². The van der Waals surface area contributed by atoms with E-state index >= 15 is 0 Å². The molecule has 25 heavy (non-hydrogen) atoms. The lowest BCUT2D eigenvalue weighted by atomic mass is 10.2. The SMILES string of the molecule is CCCC/C=C/C=O.CNCC(=O)OC.Cc1cc(F)c(F)cc1F. The van der Waals surface area contributed by atoms with Crippen LogP contribution in [0.15, 0.2) is 24.3 Å². The number of ether oxygens (including phenoxy) is 1. The van der Waals surface area contributed by atoms with E-state index in [0.717, 1.165) is 18.8 Å². The number of aldehydes is 1. The molecule has 4 nitrogen and oxygen atoms in total. The molecule has 0 radical (unpaired) electrons. The van der Waals surface area contributed by atoms with Crippen LogP contribution in [-0.4, -0.2) is 33.0 Å². The second kappa shape index (κ2) is 16.7. The molecule has 0 aliphatic carbocycles. The van der Waals surface area contributed by atoms with Gasteiger partial charge in [-0.05, 0) is 38.1 Å². The van der Waals surface area contributed by atoms with E-state index in [-0.39, 0.29) is 18.1 Å². The molecule has 1 N–H and O–H groups in total. The number of halogens is 3. The minimum atomic E-state index is -1.15. The van der Waals surface area contributed by atoms with E-state index in [2.05, 4.69) is 17.0 Å². The summed E-state index contributed by atoms with van der Waals surface area (Å²) in [5.74, 6) is -3.12. The van der Waals surface area contributed by atoms with Crippen molar-refractivity contribution in [1.82, 2.24) is 5.32 Å². The van der Waals surface area contributed by atoms with Crippen molar-refractivity contribution in [2.75, 3.05) is 20.7 Å². The van der Waals surface area contributed by atoms with Crippen molar-refractivity contribution < 1.29 is 27.5 Å². The molecule has 0 amide bonds. The molecule has 0 bridgehead atoms. The van der Waals surface area contributed by atoms with E-state index in [1.807, 2.05) is 6.08 Å². The number of unbranched alkanes of at least 4 members (excludes halogenated alkanes) is 2. The highest BCUT2D eigenvalue weighted by molar-refractivity contribution is 5.71. The van der Waals surface area contributed by atoms with Gasteiger partial charge in [0, 0.05) is 6.07 Å². The number of aryl methyl sites for hydroxylation is 1. The van der Waals surface area contributed by atoms with E-state index in [0.29, 0.717) is 6.07 Å². The number of benzene rings is 1. The van der Waals surface area contributed by atoms with Gasteiger partial charge in [0.05, 0.1) is 13.7 Å². The van der Waals surface area contributed by atoms with Crippen LogP contribution in [0.25, 0.3) is 0 Å². The highest BCUT2D eigenvalue weighted by Crippen LogP contribution is 2.11. The first kappa shape index (κ1) is 25.1. The third kappa shape index (κ3) is 15.1. The van der Waals surface area contributed by atoms with E-state index < -0.39 is 17.5 Å². The smallest absolute Gasteiger partial charge is 0.319 e. The lowest BCUT2D eigenvalue weighted by molar-refractivity contribution is -0.139. The fourth-order valence-corrected chi connectivity index (χ4v) is 1.31. The quantitative estimate of drug-likeness (QED) is 0.276. The van der Waals surface area contributed by atoms with Gasteiger partial charge < -0.3 is 10.1 Å². The molecular formula is C18H26F3NO3. The number of esters is 1. The zero-order valence-electron chi connectivity index (χ0n) is 15.1. The summed E-state index contributed by atoms with van der Waals surface area (Å²) in [4.78, 5) is 19.8.